The molecule has 4 nitrogen and oxygen atoms in total. The van der Waals surface area contributed by atoms with Crippen molar-refractivity contribution in [2.75, 3.05) is 13.6 Å². The van der Waals surface area contributed by atoms with Gasteiger partial charge in [-0.1, -0.05) is 13.8 Å². The number of hydrogen-bond donors (Lipinski definition) is 2. The molecule has 0 aromatic carbocycles. The zero-order valence-corrected chi connectivity index (χ0v) is 13.8. The van der Waals surface area contributed by atoms with Crippen molar-refractivity contribution in [2.45, 2.75) is 83.3 Å². The summed E-state index contributed by atoms with van der Waals surface area (Å²) in [7, 11) is 2.14. The average Bonchev–Trinajstić information content (AvgIpc) is 2.44. The molecule has 0 spiro atoms. The van der Waals surface area contributed by atoms with Crippen molar-refractivity contribution in [1.29, 1.82) is 0 Å². The van der Waals surface area contributed by atoms with Crippen LogP contribution in [0.5, 0.6) is 0 Å². The van der Waals surface area contributed by atoms with E-state index in [1.54, 1.807) is 0 Å². The smallest absolute Gasteiger partial charge is 0.323 e. The molecule has 0 amide bonds. The second-order valence-electron chi connectivity index (χ2n) is 6.84. The molecule has 2 atom stereocenters. The highest BCUT2D eigenvalue weighted by Gasteiger charge is 2.44. The largest absolute Gasteiger partial charge is 0.480 e. The summed E-state index contributed by atoms with van der Waals surface area (Å²) < 4.78 is 0. The van der Waals surface area contributed by atoms with E-state index in [0.717, 1.165) is 38.6 Å². The van der Waals surface area contributed by atoms with E-state index >= 15 is 0 Å². The van der Waals surface area contributed by atoms with Gasteiger partial charge in [-0.15, -0.1) is 0 Å². The number of carbonyl (C=O) groups is 1. The molecular weight excluding hydrogens is 252 g/mol. The van der Waals surface area contributed by atoms with Gasteiger partial charge in [0.1, 0.15) is 5.54 Å². The molecule has 118 valence electrons. The molecular formula is C16H32N2O2. The number of aliphatic carboxylic acids is 1. The normalized spacial score (nSPS) is 27.8. The molecule has 2 unspecified atom stereocenters. The van der Waals surface area contributed by atoms with E-state index in [4.69, 9.17) is 0 Å². The molecule has 1 rings (SSSR count). The summed E-state index contributed by atoms with van der Waals surface area (Å²) in [5.41, 5.74) is -0.603. The van der Waals surface area contributed by atoms with Crippen molar-refractivity contribution < 1.29 is 9.90 Å². The van der Waals surface area contributed by atoms with E-state index in [1.165, 1.54) is 0 Å². The van der Waals surface area contributed by atoms with Gasteiger partial charge in [-0.3, -0.25) is 9.69 Å². The fraction of sp³-hybridized carbons (Fsp3) is 0.938. The maximum Gasteiger partial charge on any atom is 0.323 e. The van der Waals surface area contributed by atoms with Crippen molar-refractivity contribution in [3.8, 4) is 0 Å². The first-order valence-electron chi connectivity index (χ1n) is 8.00. The van der Waals surface area contributed by atoms with Crippen LogP contribution in [-0.4, -0.2) is 46.7 Å². The number of carboxylic acids is 1. The Morgan fingerprint density at radius 1 is 1.45 bits per heavy atom. The van der Waals surface area contributed by atoms with Crippen LogP contribution in [0.15, 0.2) is 0 Å². The van der Waals surface area contributed by atoms with Crippen LogP contribution < -0.4 is 5.32 Å². The maximum atomic E-state index is 11.8. The van der Waals surface area contributed by atoms with Gasteiger partial charge < -0.3 is 10.4 Å². The topological polar surface area (TPSA) is 52.6 Å². The maximum absolute atomic E-state index is 11.8. The van der Waals surface area contributed by atoms with Gasteiger partial charge in [-0.25, -0.2) is 0 Å². The van der Waals surface area contributed by atoms with E-state index in [0.29, 0.717) is 12.5 Å². The van der Waals surface area contributed by atoms with E-state index in [9.17, 15) is 9.90 Å². The van der Waals surface area contributed by atoms with Gasteiger partial charge >= 0.3 is 5.97 Å². The molecule has 4 heteroatoms. The zero-order valence-electron chi connectivity index (χ0n) is 13.8. The van der Waals surface area contributed by atoms with Crippen molar-refractivity contribution in [1.82, 2.24) is 10.2 Å². The SMILES string of the molecule is CCCNC1(C(=O)O)CCCC(N(C)C(C)(C)CC)C1. The molecule has 0 aromatic rings. The van der Waals surface area contributed by atoms with Crippen molar-refractivity contribution in [3.05, 3.63) is 0 Å². The van der Waals surface area contributed by atoms with Crippen LogP contribution >= 0.6 is 0 Å². The minimum atomic E-state index is -0.725. The summed E-state index contributed by atoms with van der Waals surface area (Å²) in [5, 5.41) is 13.0. The highest BCUT2D eigenvalue weighted by Crippen LogP contribution is 2.34. The summed E-state index contributed by atoms with van der Waals surface area (Å²) in [6, 6.07) is 0.346. The third-order valence-electron chi connectivity index (χ3n) is 5.22. The van der Waals surface area contributed by atoms with Crippen LogP contribution in [0.4, 0.5) is 0 Å². The first-order chi connectivity index (χ1) is 9.29. The molecule has 2 N–H and O–H groups in total. The Kier molecular flexibility index (Phi) is 6.02. The van der Waals surface area contributed by atoms with Crippen LogP contribution in [0.2, 0.25) is 0 Å². The summed E-state index contributed by atoms with van der Waals surface area (Å²) in [5.74, 6) is -0.682. The van der Waals surface area contributed by atoms with Gasteiger partial charge in [0.2, 0.25) is 0 Å². The molecule has 0 radical (unpaired) electrons. The van der Waals surface area contributed by atoms with Crippen molar-refractivity contribution >= 4 is 5.97 Å². The van der Waals surface area contributed by atoms with E-state index in [1.807, 2.05) is 0 Å². The summed E-state index contributed by atoms with van der Waals surface area (Å²) in [6.07, 6.45) is 5.58. The van der Waals surface area contributed by atoms with Crippen LogP contribution in [0.25, 0.3) is 0 Å². The van der Waals surface area contributed by atoms with Gasteiger partial charge in [-0.2, -0.15) is 0 Å². The number of hydrogen-bond acceptors (Lipinski definition) is 3. The van der Waals surface area contributed by atoms with Crippen LogP contribution in [-0.2, 0) is 4.79 Å². The van der Waals surface area contributed by atoms with Gasteiger partial charge in [0, 0.05) is 11.6 Å². The number of rotatable bonds is 7. The lowest BCUT2D eigenvalue weighted by atomic mass is 9.77. The Labute approximate surface area is 123 Å². The minimum absolute atomic E-state index is 0.122. The Balaban J connectivity index is 2.84. The molecule has 1 saturated carbocycles. The van der Waals surface area contributed by atoms with Crippen LogP contribution in [0, 0.1) is 0 Å². The van der Waals surface area contributed by atoms with Gasteiger partial charge in [-0.05, 0) is 66.0 Å². The lowest BCUT2D eigenvalue weighted by Gasteiger charge is -2.47. The van der Waals surface area contributed by atoms with Crippen molar-refractivity contribution in [2.24, 2.45) is 0 Å². The van der Waals surface area contributed by atoms with E-state index in [2.05, 4.69) is 45.0 Å². The van der Waals surface area contributed by atoms with E-state index in [-0.39, 0.29) is 5.54 Å². The number of nitrogens with one attached hydrogen (secondary N) is 1. The minimum Gasteiger partial charge on any atom is -0.480 e. The predicted molar refractivity (Wildman–Crippen MR) is 83.0 cm³/mol. The Morgan fingerprint density at radius 3 is 2.60 bits per heavy atom. The Hall–Kier alpha value is -0.610. The third kappa shape index (κ3) is 3.73. The summed E-state index contributed by atoms with van der Waals surface area (Å²) in [6.45, 7) is 9.53. The first-order valence-corrected chi connectivity index (χ1v) is 8.00. The molecule has 1 aliphatic rings. The molecule has 0 saturated heterocycles. The van der Waals surface area contributed by atoms with Gasteiger partial charge in [0.05, 0.1) is 0 Å². The quantitative estimate of drug-likeness (QED) is 0.755. The second kappa shape index (κ2) is 6.90. The predicted octanol–water partition coefficient (Wildman–Crippen LogP) is 2.87. The molecule has 0 bridgehead atoms. The third-order valence-corrected chi connectivity index (χ3v) is 5.22. The molecule has 0 aliphatic heterocycles. The van der Waals surface area contributed by atoms with Crippen molar-refractivity contribution in [3.63, 3.8) is 0 Å². The first kappa shape index (κ1) is 17.4. The highest BCUT2D eigenvalue weighted by molar-refractivity contribution is 5.79. The Morgan fingerprint density at radius 2 is 2.10 bits per heavy atom. The van der Waals surface area contributed by atoms with Gasteiger partial charge in [0.15, 0.2) is 0 Å². The van der Waals surface area contributed by atoms with Crippen LogP contribution in [0.3, 0.4) is 0 Å². The molecule has 1 fully saturated rings. The second-order valence-corrected chi connectivity index (χ2v) is 6.84. The zero-order chi connectivity index (χ0) is 15.4. The van der Waals surface area contributed by atoms with Gasteiger partial charge in [0.25, 0.3) is 0 Å². The highest BCUT2D eigenvalue weighted by atomic mass is 16.4. The number of nitrogens with zero attached hydrogens (tertiary/aromatic N) is 1. The standard InChI is InChI=1S/C16H32N2O2/c1-6-11-17-16(14(19)20)10-8-9-13(12-16)18(5)15(3,4)7-2/h13,17H,6-12H2,1-5H3,(H,19,20). The van der Waals surface area contributed by atoms with Crippen LogP contribution in [0.1, 0.15) is 66.2 Å². The average molecular weight is 284 g/mol. The monoisotopic (exact) mass is 284 g/mol. The lowest BCUT2D eigenvalue weighted by Crippen LogP contribution is -2.60. The summed E-state index contributed by atoms with van der Waals surface area (Å²) in [4.78, 5) is 14.2. The molecule has 20 heavy (non-hydrogen) atoms. The molecule has 0 aromatic heterocycles. The number of carboxylic acid groups (broad SMARTS) is 1. The Bertz CT molecular complexity index is 330. The molecule has 1 aliphatic carbocycles. The lowest BCUT2D eigenvalue weighted by molar-refractivity contribution is -0.148. The van der Waals surface area contributed by atoms with E-state index < -0.39 is 11.5 Å². The molecule has 0 heterocycles. The fourth-order valence-corrected chi connectivity index (χ4v) is 3.11. The summed E-state index contributed by atoms with van der Waals surface area (Å²) >= 11 is 0. The fourth-order valence-electron chi connectivity index (χ4n) is 3.11.